The van der Waals surface area contributed by atoms with Crippen LogP contribution in [0, 0.1) is 5.92 Å². The lowest BCUT2D eigenvalue weighted by molar-refractivity contribution is 0.372. The third-order valence-corrected chi connectivity index (χ3v) is 3.41. The molecular weight excluding hydrogens is 198 g/mol. The van der Waals surface area contributed by atoms with Crippen LogP contribution in [0.15, 0.2) is 24.3 Å². The number of hydrogen-bond donors (Lipinski definition) is 1. The first-order valence-electron chi connectivity index (χ1n) is 6.27. The van der Waals surface area contributed by atoms with Crippen molar-refractivity contribution in [1.29, 1.82) is 0 Å². The van der Waals surface area contributed by atoms with Crippen LogP contribution in [0.1, 0.15) is 32.1 Å². The number of hydrogen-bond acceptors (Lipinski definition) is 2. The van der Waals surface area contributed by atoms with Gasteiger partial charge in [-0.05, 0) is 30.9 Å². The van der Waals surface area contributed by atoms with Crippen LogP contribution in [0.3, 0.4) is 0 Å². The highest BCUT2D eigenvalue weighted by Gasteiger charge is 2.13. The fraction of sp³-hybridized carbons (Fsp3) is 0.571. The molecule has 88 valence electrons. The van der Waals surface area contributed by atoms with Crippen molar-refractivity contribution in [3.05, 3.63) is 24.3 Å². The van der Waals surface area contributed by atoms with Gasteiger partial charge < -0.3 is 10.1 Å². The molecule has 2 nitrogen and oxygen atoms in total. The summed E-state index contributed by atoms with van der Waals surface area (Å²) < 4.78 is 5.32. The molecule has 1 aromatic rings. The average Bonchev–Trinajstić information content (AvgIpc) is 2.38. The second-order valence-corrected chi connectivity index (χ2v) is 4.59. The number of rotatable bonds is 4. The monoisotopic (exact) mass is 219 g/mol. The van der Waals surface area contributed by atoms with Gasteiger partial charge in [0.25, 0.3) is 0 Å². The Morgan fingerprint density at radius 2 is 1.94 bits per heavy atom. The number of ether oxygens (including phenoxy) is 1. The summed E-state index contributed by atoms with van der Waals surface area (Å²) in [6.07, 6.45) is 6.98. The largest absolute Gasteiger partial charge is 0.495 e. The molecule has 0 atom stereocenters. The fourth-order valence-corrected chi connectivity index (χ4v) is 2.44. The summed E-state index contributed by atoms with van der Waals surface area (Å²) in [7, 11) is 1.72. The number of para-hydroxylation sites is 2. The maximum absolute atomic E-state index is 5.32. The third kappa shape index (κ3) is 2.91. The molecule has 1 aliphatic rings. The number of nitrogens with one attached hydrogen (secondary N) is 1. The molecule has 0 aromatic heterocycles. The van der Waals surface area contributed by atoms with Gasteiger partial charge in [-0.3, -0.25) is 0 Å². The summed E-state index contributed by atoms with van der Waals surface area (Å²) in [6.45, 7) is 1.08. The van der Waals surface area contributed by atoms with Crippen molar-refractivity contribution in [3.63, 3.8) is 0 Å². The summed E-state index contributed by atoms with van der Waals surface area (Å²) >= 11 is 0. The normalized spacial score (nSPS) is 17.1. The topological polar surface area (TPSA) is 21.3 Å². The summed E-state index contributed by atoms with van der Waals surface area (Å²) in [5.74, 6) is 1.79. The van der Waals surface area contributed by atoms with Crippen LogP contribution in [0.5, 0.6) is 5.75 Å². The van der Waals surface area contributed by atoms with Gasteiger partial charge in [-0.25, -0.2) is 0 Å². The molecule has 1 saturated carbocycles. The van der Waals surface area contributed by atoms with Crippen LogP contribution in [0.2, 0.25) is 0 Å². The van der Waals surface area contributed by atoms with E-state index in [1.54, 1.807) is 7.11 Å². The highest BCUT2D eigenvalue weighted by Crippen LogP contribution is 2.27. The highest BCUT2D eigenvalue weighted by atomic mass is 16.5. The van der Waals surface area contributed by atoms with E-state index in [-0.39, 0.29) is 0 Å². The van der Waals surface area contributed by atoms with Gasteiger partial charge >= 0.3 is 0 Å². The molecule has 1 N–H and O–H groups in total. The quantitative estimate of drug-likeness (QED) is 0.834. The molecule has 1 aromatic carbocycles. The van der Waals surface area contributed by atoms with E-state index in [9.17, 15) is 0 Å². The van der Waals surface area contributed by atoms with Crippen LogP contribution in [0.4, 0.5) is 5.69 Å². The van der Waals surface area contributed by atoms with E-state index in [1.807, 2.05) is 18.2 Å². The first-order valence-corrected chi connectivity index (χ1v) is 6.27. The maximum Gasteiger partial charge on any atom is 0.141 e. The Bertz CT molecular complexity index is 318. The minimum atomic E-state index is 0.846. The molecular formula is C14H21NO. The van der Waals surface area contributed by atoms with Crippen molar-refractivity contribution in [2.75, 3.05) is 19.0 Å². The molecule has 0 unspecified atom stereocenters. The van der Waals surface area contributed by atoms with Gasteiger partial charge in [0, 0.05) is 6.54 Å². The van der Waals surface area contributed by atoms with Gasteiger partial charge in [0.05, 0.1) is 12.8 Å². The summed E-state index contributed by atoms with van der Waals surface area (Å²) in [5, 5.41) is 3.51. The maximum atomic E-state index is 5.32. The molecule has 16 heavy (non-hydrogen) atoms. The minimum absolute atomic E-state index is 0.846. The molecule has 0 bridgehead atoms. The van der Waals surface area contributed by atoms with E-state index in [0.29, 0.717) is 0 Å². The van der Waals surface area contributed by atoms with E-state index >= 15 is 0 Å². The van der Waals surface area contributed by atoms with E-state index in [0.717, 1.165) is 23.9 Å². The van der Waals surface area contributed by atoms with Crippen molar-refractivity contribution >= 4 is 5.69 Å². The molecule has 2 heteroatoms. The predicted molar refractivity (Wildman–Crippen MR) is 68.1 cm³/mol. The van der Waals surface area contributed by atoms with Crippen molar-refractivity contribution in [3.8, 4) is 5.75 Å². The lowest BCUT2D eigenvalue weighted by Gasteiger charge is -2.22. The summed E-state index contributed by atoms with van der Waals surface area (Å²) in [6, 6.07) is 8.14. The van der Waals surface area contributed by atoms with Gasteiger partial charge in [0.2, 0.25) is 0 Å². The Hall–Kier alpha value is -1.18. The molecule has 0 heterocycles. The Labute approximate surface area is 98.0 Å². The van der Waals surface area contributed by atoms with E-state index in [4.69, 9.17) is 4.74 Å². The Kier molecular flexibility index (Phi) is 4.09. The van der Waals surface area contributed by atoms with E-state index in [2.05, 4.69) is 11.4 Å². The second kappa shape index (κ2) is 5.78. The van der Waals surface area contributed by atoms with Crippen molar-refractivity contribution in [2.24, 2.45) is 5.92 Å². The van der Waals surface area contributed by atoms with Crippen molar-refractivity contribution in [1.82, 2.24) is 0 Å². The molecule has 0 aliphatic heterocycles. The van der Waals surface area contributed by atoms with Crippen LogP contribution in [-0.4, -0.2) is 13.7 Å². The van der Waals surface area contributed by atoms with Gasteiger partial charge in [-0.1, -0.05) is 31.4 Å². The van der Waals surface area contributed by atoms with Crippen LogP contribution in [-0.2, 0) is 0 Å². The van der Waals surface area contributed by atoms with Crippen LogP contribution >= 0.6 is 0 Å². The Morgan fingerprint density at radius 3 is 2.69 bits per heavy atom. The first kappa shape index (κ1) is 11.3. The smallest absolute Gasteiger partial charge is 0.141 e. The first-order chi connectivity index (χ1) is 7.90. The third-order valence-electron chi connectivity index (χ3n) is 3.41. The van der Waals surface area contributed by atoms with Gasteiger partial charge in [0.1, 0.15) is 5.75 Å². The summed E-state index contributed by atoms with van der Waals surface area (Å²) in [4.78, 5) is 0. The molecule has 2 rings (SSSR count). The standard InChI is InChI=1S/C14H21NO/c1-16-14-10-6-5-9-13(14)15-11-12-7-3-2-4-8-12/h5-6,9-10,12,15H,2-4,7-8,11H2,1H3. The predicted octanol–water partition coefficient (Wildman–Crippen LogP) is 3.69. The van der Waals surface area contributed by atoms with E-state index in [1.165, 1.54) is 32.1 Å². The van der Waals surface area contributed by atoms with Gasteiger partial charge in [0.15, 0.2) is 0 Å². The Balaban J connectivity index is 1.88. The van der Waals surface area contributed by atoms with Gasteiger partial charge in [-0.15, -0.1) is 0 Å². The molecule has 1 fully saturated rings. The van der Waals surface area contributed by atoms with Crippen molar-refractivity contribution < 1.29 is 4.74 Å². The zero-order chi connectivity index (χ0) is 11.2. The SMILES string of the molecule is COc1ccccc1NCC1CCCCC1. The fourth-order valence-electron chi connectivity index (χ4n) is 2.44. The lowest BCUT2D eigenvalue weighted by atomic mass is 9.89. The average molecular weight is 219 g/mol. The molecule has 0 radical (unpaired) electrons. The molecule has 0 amide bonds. The molecule has 0 saturated heterocycles. The zero-order valence-electron chi connectivity index (χ0n) is 10.0. The van der Waals surface area contributed by atoms with Gasteiger partial charge in [-0.2, -0.15) is 0 Å². The number of anilines is 1. The molecule has 0 spiro atoms. The number of methoxy groups -OCH3 is 1. The lowest BCUT2D eigenvalue weighted by Crippen LogP contribution is -2.17. The Morgan fingerprint density at radius 1 is 1.19 bits per heavy atom. The zero-order valence-corrected chi connectivity index (χ0v) is 10.0. The van der Waals surface area contributed by atoms with E-state index < -0.39 is 0 Å². The van der Waals surface area contributed by atoms with Crippen LogP contribution < -0.4 is 10.1 Å². The minimum Gasteiger partial charge on any atom is -0.495 e. The highest BCUT2D eigenvalue weighted by molar-refractivity contribution is 5.56. The van der Waals surface area contributed by atoms with Crippen molar-refractivity contribution in [2.45, 2.75) is 32.1 Å². The number of benzene rings is 1. The second-order valence-electron chi connectivity index (χ2n) is 4.59. The van der Waals surface area contributed by atoms with Crippen LogP contribution in [0.25, 0.3) is 0 Å². The molecule has 1 aliphatic carbocycles. The summed E-state index contributed by atoms with van der Waals surface area (Å²) in [5.41, 5.74) is 1.12.